The van der Waals surface area contributed by atoms with Crippen molar-refractivity contribution in [3.05, 3.63) is 58.1 Å². The lowest BCUT2D eigenvalue weighted by Crippen LogP contribution is -2.48. The molecule has 31 heavy (non-hydrogen) atoms. The number of carbonyl (C=O) groups is 1. The Morgan fingerprint density at radius 1 is 1.06 bits per heavy atom. The molecule has 0 aromatic heterocycles. The number of amides is 1. The predicted octanol–water partition coefficient (Wildman–Crippen LogP) is 4.20. The molecule has 0 spiro atoms. The van der Waals surface area contributed by atoms with E-state index in [1.54, 1.807) is 25.1 Å². The summed E-state index contributed by atoms with van der Waals surface area (Å²) in [6.07, 6.45) is 1.90. The van der Waals surface area contributed by atoms with Gasteiger partial charge in [-0.3, -0.25) is 9.10 Å². The zero-order valence-corrected chi connectivity index (χ0v) is 20.1. The first-order valence-corrected chi connectivity index (χ1v) is 12.8. The number of hydrogen-bond acceptors (Lipinski definition) is 4. The molecule has 0 aliphatic carbocycles. The maximum Gasteiger partial charge on any atom is 0.232 e. The first-order chi connectivity index (χ1) is 14.7. The third-order valence-corrected chi connectivity index (χ3v) is 7.29. The van der Waals surface area contributed by atoms with Crippen LogP contribution < -0.4 is 9.21 Å². The van der Waals surface area contributed by atoms with Crippen molar-refractivity contribution in [2.24, 2.45) is 0 Å². The van der Waals surface area contributed by atoms with Gasteiger partial charge in [-0.2, -0.15) is 0 Å². The molecule has 168 valence electrons. The topological polar surface area (TPSA) is 60.9 Å². The smallest absolute Gasteiger partial charge is 0.232 e. The molecule has 1 heterocycles. The van der Waals surface area contributed by atoms with Gasteiger partial charge in [0, 0.05) is 54.9 Å². The Kier molecular flexibility index (Phi) is 7.73. The number of hydrogen-bond donors (Lipinski definition) is 0. The van der Waals surface area contributed by atoms with Gasteiger partial charge < -0.3 is 9.80 Å². The van der Waals surface area contributed by atoms with E-state index < -0.39 is 10.0 Å². The highest BCUT2D eigenvalue weighted by atomic mass is 35.5. The monoisotopic (exact) mass is 483 g/mol. The third kappa shape index (κ3) is 6.05. The van der Waals surface area contributed by atoms with E-state index in [2.05, 4.69) is 4.90 Å². The largest absolute Gasteiger partial charge is 0.368 e. The summed E-state index contributed by atoms with van der Waals surface area (Å²) in [4.78, 5) is 16.7. The SMILES string of the molecule is Cc1c(Cl)cccc1N(CCCC(=O)N1CCN(c2cccc(Cl)c2)CC1)S(C)(=O)=O. The summed E-state index contributed by atoms with van der Waals surface area (Å²) >= 11 is 12.2. The first-order valence-electron chi connectivity index (χ1n) is 10.2. The quantitative estimate of drug-likeness (QED) is 0.591. The van der Waals surface area contributed by atoms with E-state index in [4.69, 9.17) is 23.2 Å². The average molecular weight is 484 g/mol. The molecule has 3 rings (SSSR count). The molecule has 1 aliphatic heterocycles. The van der Waals surface area contributed by atoms with Gasteiger partial charge in [0.25, 0.3) is 0 Å². The molecule has 0 unspecified atom stereocenters. The van der Waals surface area contributed by atoms with Crippen molar-refractivity contribution >= 4 is 50.5 Å². The van der Waals surface area contributed by atoms with E-state index in [1.165, 1.54) is 10.6 Å². The molecule has 1 saturated heterocycles. The van der Waals surface area contributed by atoms with Crippen LogP contribution in [0.3, 0.4) is 0 Å². The molecule has 0 bridgehead atoms. The normalized spacial score (nSPS) is 14.6. The Hall–Kier alpha value is -1.96. The number of piperazine rings is 1. The second kappa shape index (κ2) is 10.1. The number of benzene rings is 2. The fourth-order valence-corrected chi connectivity index (χ4v) is 5.12. The lowest BCUT2D eigenvalue weighted by Gasteiger charge is -2.36. The van der Waals surface area contributed by atoms with Crippen LogP contribution in [-0.4, -0.2) is 58.2 Å². The van der Waals surface area contributed by atoms with Crippen molar-refractivity contribution in [3.63, 3.8) is 0 Å². The number of rotatable bonds is 7. The lowest BCUT2D eigenvalue weighted by atomic mass is 10.2. The van der Waals surface area contributed by atoms with Gasteiger partial charge in [0.05, 0.1) is 11.9 Å². The fraction of sp³-hybridized carbons (Fsp3) is 0.409. The summed E-state index contributed by atoms with van der Waals surface area (Å²) < 4.78 is 26.0. The van der Waals surface area contributed by atoms with Crippen LogP contribution in [0, 0.1) is 6.92 Å². The maximum atomic E-state index is 12.7. The zero-order valence-electron chi connectivity index (χ0n) is 17.7. The van der Waals surface area contributed by atoms with E-state index in [0.29, 0.717) is 47.2 Å². The molecule has 1 aliphatic rings. The van der Waals surface area contributed by atoms with Gasteiger partial charge in [0.15, 0.2) is 0 Å². The molecule has 6 nitrogen and oxygen atoms in total. The maximum absolute atomic E-state index is 12.7. The minimum atomic E-state index is -3.49. The summed E-state index contributed by atoms with van der Waals surface area (Å²) in [7, 11) is -3.49. The molecule has 0 saturated carbocycles. The Balaban J connectivity index is 1.55. The van der Waals surface area contributed by atoms with E-state index >= 15 is 0 Å². The van der Waals surface area contributed by atoms with E-state index in [0.717, 1.165) is 18.8 Å². The summed E-state index contributed by atoms with van der Waals surface area (Å²) in [5.74, 6) is 0.0435. The van der Waals surface area contributed by atoms with Crippen LogP contribution in [0.2, 0.25) is 10.0 Å². The van der Waals surface area contributed by atoms with Crippen LogP contribution in [0.1, 0.15) is 18.4 Å². The minimum absolute atomic E-state index is 0.0435. The van der Waals surface area contributed by atoms with Crippen molar-refractivity contribution < 1.29 is 13.2 Å². The molecule has 0 atom stereocenters. The highest BCUT2D eigenvalue weighted by Gasteiger charge is 2.23. The van der Waals surface area contributed by atoms with E-state index in [9.17, 15) is 13.2 Å². The fourth-order valence-electron chi connectivity index (χ4n) is 3.75. The first kappa shape index (κ1) is 23.7. The third-order valence-electron chi connectivity index (χ3n) is 5.47. The van der Waals surface area contributed by atoms with Gasteiger partial charge in [-0.1, -0.05) is 35.3 Å². The Labute approximate surface area is 194 Å². The van der Waals surface area contributed by atoms with E-state index in [1.807, 2.05) is 29.2 Å². The van der Waals surface area contributed by atoms with Gasteiger partial charge >= 0.3 is 0 Å². The number of anilines is 2. The van der Waals surface area contributed by atoms with E-state index in [-0.39, 0.29) is 12.5 Å². The van der Waals surface area contributed by atoms with Crippen molar-refractivity contribution in [1.82, 2.24) is 4.90 Å². The van der Waals surface area contributed by atoms with Crippen LogP contribution in [-0.2, 0) is 14.8 Å². The number of sulfonamides is 1. The molecule has 9 heteroatoms. The lowest BCUT2D eigenvalue weighted by molar-refractivity contribution is -0.131. The molecule has 2 aromatic rings. The molecular weight excluding hydrogens is 457 g/mol. The molecule has 0 radical (unpaired) electrons. The molecule has 1 fully saturated rings. The molecule has 0 N–H and O–H groups in total. The van der Waals surface area contributed by atoms with Crippen LogP contribution in [0.15, 0.2) is 42.5 Å². The predicted molar refractivity (Wildman–Crippen MR) is 128 cm³/mol. The summed E-state index contributed by atoms with van der Waals surface area (Å²) in [5.41, 5.74) is 2.32. The highest BCUT2D eigenvalue weighted by molar-refractivity contribution is 7.92. The summed E-state index contributed by atoms with van der Waals surface area (Å²) in [5, 5.41) is 1.21. The van der Waals surface area contributed by atoms with Crippen LogP contribution in [0.4, 0.5) is 11.4 Å². The number of nitrogens with zero attached hydrogens (tertiary/aromatic N) is 3. The average Bonchev–Trinajstić information content (AvgIpc) is 2.73. The Bertz CT molecular complexity index is 1040. The van der Waals surface area contributed by atoms with Crippen LogP contribution >= 0.6 is 23.2 Å². The van der Waals surface area contributed by atoms with Crippen molar-refractivity contribution in [2.45, 2.75) is 19.8 Å². The minimum Gasteiger partial charge on any atom is -0.368 e. The van der Waals surface area contributed by atoms with Gasteiger partial charge in [0.1, 0.15) is 0 Å². The second-order valence-corrected chi connectivity index (χ2v) is 10.4. The molecule has 2 aromatic carbocycles. The second-order valence-electron chi connectivity index (χ2n) is 7.67. The van der Waals surface area contributed by atoms with Crippen LogP contribution in [0.5, 0.6) is 0 Å². The van der Waals surface area contributed by atoms with Gasteiger partial charge in [-0.25, -0.2) is 8.42 Å². The van der Waals surface area contributed by atoms with Gasteiger partial charge in [-0.05, 0) is 49.2 Å². The summed E-state index contributed by atoms with van der Waals surface area (Å²) in [6.45, 7) is 4.77. The molecule has 1 amide bonds. The van der Waals surface area contributed by atoms with Gasteiger partial charge in [-0.15, -0.1) is 0 Å². The number of halogens is 2. The zero-order chi connectivity index (χ0) is 22.6. The Morgan fingerprint density at radius 3 is 2.39 bits per heavy atom. The number of carbonyl (C=O) groups excluding carboxylic acids is 1. The van der Waals surface area contributed by atoms with Crippen molar-refractivity contribution in [3.8, 4) is 0 Å². The summed E-state index contributed by atoms with van der Waals surface area (Å²) in [6, 6.07) is 12.9. The standard InChI is InChI=1S/C22H27Cl2N3O3S/c1-17-20(24)8-4-9-21(17)27(31(2,29)30)11-5-10-22(28)26-14-12-25(13-15-26)19-7-3-6-18(23)16-19/h3-4,6-9,16H,5,10-15H2,1-2H3. The van der Waals surface area contributed by atoms with Crippen LogP contribution in [0.25, 0.3) is 0 Å². The highest BCUT2D eigenvalue weighted by Crippen LogP contribution is 2.28. The van der Waals surface area contributed by atoms with Crippen molar-refractivity contribution in [2.75, 3.05) is 48.2 Å². The molecular formula is C22H27Cl2N3O3S. The Morgan fingerprint density at radius 2 is 1.74 bits per heavy atom. The van der Waals surface area contributed by atoms with Gasteiger partial charge in [0.2, 0.25) is 15.9 Å². The van der Waals surface area contributed by atoms with Crippen molar-refractivity contribution in [1.29, 1.82) is 0 Å².